The number of aromatic nitrogens is 1. The summed E-state index contributed by atoms with van der Waals surface area (Å²) in [5.74, 6) is 1.82. The highest BCUT2D eigenvalue weighted by atomic mass is 15.2. The van der Waals surface area contributed by atoms with Crippen LogP contribution in [0.1, 0.15) is 51.7 Å². The van der Waals surface area contributed by atoms with E-state index in [0.717, 1.165) is 18.9 Å². The van der Waals surface area contributed by atoms with Crippen molar-refractivity contribution in [3.8, 4) is 0 Å². The van der Waals surface area contributed by atoms with Gasteiger partial charge in [-0.2, -0.15) is 0 Å². The molecule has 1 N–H and O–H groups in total. The zero-order valence-electron chi connectivity index (χ0n) is 14.0. The van der Waals surface area contributed by atoms with Crippen molar-refractivity contribution in [2.24, 2.45) is 5.92 Å². The number of nitrogens with zero attached hydrogens (tertiary/aromatic N) is 2. The smallest absolute Gasteiger partial charge is 0.131 e. The topological polar surface area (TPSA) is 28.2 Å². The third-order valence-corrected chi connectivity index (χ3v) is 3.67. The maximum atomic E-state index is 4.67. The van der Waals surface area contributed by atoms with E-state index in [9.17, 15) is 0 Å². The van der Waals surface area contributed by atoms with Crippen LogP contribution in [0.3, 0.4) is 0 Å². The fraction of sp³-hybridized carbons (Fsp3) is 0.706. The molecule has 0 aromatic carbocycles. The van der Waals surface area contributed by atoms with Crippen molar-refractivity contribution in [3.05, 3.63) is 23.4 Å². The molecule has 0 aliphatic rings. The van der Waals surface area contributed by atoms with E-state index in [0.29, 0.717) is 12.0 Å². The number of rotatable bonds is 8. The Labute approximate surface area is 124 Å². The van der Waals surface area contributed by atoms with Crippen molar-refractivity contribution >= 4 is 5.82 Å². The average molecular weight is 277 g/mol. The van der Waals surface area contributed by atoms with E-state index in [1.54, 1.807) is 0 Å². The molecule has 1 rings (SSSR count). The third-order valence-electron chi connectivity index (χ3n) is 3.67. The first kappa shape index (κ1) is 17.0. The number of hydrogen-bond donors (Lipinski definition) is 1. The van der Waals surface area contributed by atoms with Crippen molar-refractivity contribution in [2.75, 3.05) is 18.5 Å². The van der Waals surface area contributed by atoms with Crippen LogP contribution in [-0.2, 0) is 6.54 Å². The lowest BCUT2D eigenvalue weighted by atomic mass is 10.0. The van der Waals surface area contributed by atoms with Crippen LogP contribution in [0, 0.1) is 12.8 Å². The second-order valence-electron chi connectivity index (χ2n) is 6.25. The van der Waals surface area contributed by atoms with Gasteiger partial charge in [0.05, 0.1) is 0 Å². The molecule has 1 heterocycles. The molecule has 0 amide bonds. The molecule has 0 bridgehead atoms. The molecule has 0 spiro atoms. The Bertz CT molecular complexity index is 401. The van der Waals surface area contributed by atoms with Crippen LogP contribution in [0.2, 0.25) is 0 Å². The largest absolute Gasteiger partial charge is 0.357 e. The lowest BCUT2D eigenvalue weighted by Gasteiger charge is -2.28. The van der Waals surface area contributed by atoms with Gasteiger partial charge in [-0.25, -0.2) is 4.98 Å². The lowest BCUT2D eigenvalue weighted by Crippen LogP contribution is -2.31. The van der Waals surface area contributed by atoms with Gasteiger partial charge in [-0.3, -0.25) is 0 Å². The average Bonchev–Trinajstić information content (AvgIpc) is 2.37. The Morgan fingerprint density at radius 3 is 2.55 bits per heavy atom. The highest BCUT2D eigenvalue weighted by Crippen LogP contribution is 2.21. The molecule has 0 aliphatic carbocycles. The minimum atomic E-state index is 0.519. The summed E-state index contributed by atoms with van der Waals surface area (Å²) in [6.45, 7) is 13.1. The molecule has 20 heavy (non-hydrogen) atoms. The van der Waals surface area contributed by atoms with Crippen LogP contribution in [-0.4, -0.2) is 24.6 Å². The Balaban J connectivity index is 2.71. The number of hydrogen-bond acceptors (Lipinski definition) is 3. The van der Waals surface area contributed by atoms with Gasteiger partial charge in [0.25, 0.3) is 0 Å². The first-order chi connectivity index (χ1) is 9.45. The Hall–Kier alpha value is -1.09. The fourth-order valence-electron chi connectivity index (χ4n) is 2.55. The second kappa shape index (κ2) is 8.25. The molecule has 0 fully saturated rings. The van der Waals surface area contributed by atoms with Crippen LogP contribution in [0.5, 0.6) is 0 Å². The summed E-state index contributed by atoms with van der Waals surface area (Å²) in [4.78, 5) is 6.98. The normalized spacial score (nSPS) is 12.8. The molecule has 1 unspecified atom stereocenters. The molecule has 114 valence electrons. The quantitative estimate of drug-likeness (QED) is 0.733. The Morgan fingerprint density at radius 2 is 2.00 bits per heavy atom. The van der Waals surface area contributed by atoms with Gasteiger partial charge in [0.15, 0.2) is 0 Å². The molecule has 0 aliphatic heterocycles. The van der Waals surface area contributed by atoms with Gasteiger partial charge in [0.1, 0.15) is 5.82 Å². The third kappa shape index (κ3) is 5.12. The van der Waals surface area contributed by atoms with Crippen LogP contribution in [0.25, 0.3) is 0 Å². The predicted molar refractivity (Wildman–Crippen MR) is 88.3 cm³/mol. The first-order valence-electron chi connectivity index (χ1n) is 7.84. The molecule has 3 nitrogen and oxygen atoms in total. The molecule has 1 aromatic rings. The predicted octanol–water partition coefficient (Wildman–Crippen LogP) is 3.76. The van der Waals surface area contributed by atoms with Crippen LogP contribution in [0.15, 0.2) is 12.3 Å². The maximum absolute atomic E-state index is 4.67. The van der Waals surface area contributed by atoms with E-state index in [-0.39, 0.29) is 0 Å². The van der Waals surface area contributed by atoms with Crippen LogP contribution >= 0.6 is 0 Å². The molecular formula is C17H31N3. The summed E-state index contributed by atoms with van der Waals surface area (Å²) in [6.07, 6.45) is 4.36. The molecule has 3 heteroatoms. The zero-order valence-corrected chi connectivity index (χ0v) is 14.0. The number of aryl methyl sites for hydroxylation is 1. The highest BCUT2D eigenvalue weighted by molar-refractivity contribution is 5.47. The highest BCUT2D eigenvalue weighted by Gasteiger charge is 2.14. The molecule has 0 saturated carbocycles. The van der Waals surface area contributed by atoms with Crippen molar-refractivity contribution in [2.45, 2.75) is 60.0 Å². The summed E-state index contributed by atoms with van der Waals surface area (Å²) in [6, 6.07) is 2.77. The van der Waals surface area contributed by atoms with E-state index in [4.69, 9.17) is 0 Å². The monoisotopic (exact) mass is 277 g/mol. The minimum Gasteiger partial charge on any atom is -0.357 e. The van der Waals surface area contributed by atoms with Gasteiger partial charge in [0, 0.05) is 25.8 Å². The first-order valence-corrected chi connectivity index (χ1v) is 7.84. The molecule has 0 radical (unpaired) electrons. The number of pyridine rings is 1. The minimum absolute atomic E-state index is 0.519. The SMILES string of the molecule is CCCNCc1cnc(N(C)C(C)CC(C)C)c(C)c1. The Kier molecular flexibility index (Phi) is 7.00. The van der Waals surface area contributed by atoms with E-state index in [2.05, 4.69) is 62.9 Å². The van der Waals surface area contributed by atoms with Crippen molar-refractivity contribution in [3.63, 3.8) is 0 Å². The Morgan fingerprint density at radius 1 is 1.30 bits per heavy atom. The van der Waals surface area contributed by atoms with Gasteiger partial charge in [-0.15, -0.1) is 0 Å². The van der Waals surface area contributed by atoms with Gasteiger partial charge in [0.2, 0.25) is 0 Å². The number of nitrogens with one attached hydrogen (secondary N) is 1. The van der Waals surface area contributed by atoms with Crippen molar-refractivity contribution < 1.29 is 0 Å². The molecule has 1 aromatic heterocycles. The zero-order chi connectivity index (χ0) is 15.1. The summed E-state index contributed by atoms with van der Waals surface area (Å²) in [7, 11) is 2.15. The lowest BCUT2D eigenvalue weighted by molar-refractivity contribution is 0.501. The maximum Gasteiger partial charge on any atom is 0.131 e. The van der Waals surface area contributed by atoms with Crippen molar-refractivity contribution in [1.82, 2.24) is 10.3 Å². The van der Waals surface area contributed by atoms with Crippen LogP contribution in [0.4, 0.5) is 5.82 Å². The van der Waals surface area contributed by atoms with E-state index >= 15 is 0 Å². The molecule has 0 saturated heterocycles. The van der Waals surface area contributed by atoms with Gasteiger partial charge >= 0.3 is 0 Å². The van der Waals surface area contributed by atoms with E-state index < -0.39 is 0 Å². The summed E-state index contributed by atoms with van der Waals surface area (Å²) < 4.78 is 0. The number of anilines is 1. The van der Waals surface area contributed by atoms with E-state index in [1.165, 1.54) is 24.0 Å². The molecular weight excluding hydrogens is 246 g/mol. The second-order valence-corrected chi connectivity index (χ2v) is 6.25. The van der Waals surface area contributed by atoms with Crippen molar-refractivity contribution in [1.29, 1.82) is 0 Å². The van der Waals surface area contributed by atoms with Gasteiger partial charge in [-0.05, 0) is 56.3 Å². The van der Waals surface area contributed by atoms with Gasteiger partial charge < -0.3 is 10.2 Å². The van der Waals surface area contributed by atoms with Gasteiger partial charge in [-0.1, -0.05) is 20.8 Å². The van der Waals surface area contributed by atoms with E-state index in [1.807, 2.05) is 6.20 Å². The molecule has 1 atom stereocenters. The summed E-state index contributed by atoms with van der Waals surface area (Å²) >= 11 is 0. The standard InChI is InChI=1S/C17H31N3/c1-7-8-18-11-16-10-14(4)17(19-12-16)20(6)15(5)9-13(2)3/h10,12-13,15,18H,7-9,11H2,1-6H3. The van der Waals surface area contributed by atoms with Crippen LogP contribution < -0.4 is 10.2 Å². The fourth-order valence-corrected chi connectivity index (χ4v) is 2.55. The summed E-state index contributed by atoms with van der Waals surface area (Å²) in [5.41, 5.74) is 2.53. The summed E-state index contributed by atoms with van der Waals surface area (Å²) in [5, 5.41) is 3.42.